The molecular formula is C7H13NO. The van der Waals surface area contributed by atoms with Gasteiger partial charge in [0, 0.05) is 18.5 Å². The van der Waals surface area contributed by atoms with Crippen LogP contribution in [0.4, 0.5) is 0 Å². The summed E-state index contributed by atoms with van der Waals surface area (Å²) in [6.45, 7) is 5.50. The Balaban J connectivity index is 1.99. The molecule has 2 fully saturated rings. The standard InChI is InChI=1S/C7H13NO/c1-6-2-7(5-9-6)3-8-4-7/h6,8H,2-5H2,1H3. The fourth-order valence-electron chi connectivity index (χ4n) is 1.77. The zero-order valence-corrected chi connectivity index (χ0v) is 5.81. The summed E-state index contributed by atoms with van der Waals surface area (Å²) in [6.07, 6.45) is 1.77. The molecule has 2 heteroatoms. The molecule has 2 heterocycles. The summed E-state index contributed by atoms with van der Waals surface area (Å²) in [5.74, 6) is 0. The summed E-state index contributed by atoms with van der Waals surface area (Å²) in [7, 11) is 0. The Bertz CT molecular complexity index is 120. The molecule has 2 saturated heterocycles. The van der Waals surface area contributed by atoms with Crippen LogP contribution in [0.3, 0.4) is 0 Å². The van der Waals surface area contributed by atoms with E-state index in [1.54, 1.807) is 0 Å². The molecule has 0 bridgehead atoms. The number of rotatable bonds is 0. The zero-order chi connectivity index (χ0) is 6.32. The van der Waals surface area contributed by atoms with E-state index in [9.17, 15) is 0 Å². The molecule has 0 amide bonds. The molecule has 2 nitrogen and oxygen atoms in total. The minimum absolute atomic E-state index is 0.507. The SMILES string of the molecule is CC1CC2(CNC2)CO1. The van der Waals surface area contributed by atoms with Crippen LogP contribution < -0.4 is 5.32 Å². The van der Waals surface area contributed by atoms with Crippen LogP contribution in [-0.4, -0.2) is 25.8 Å². The highest BCUT2D eigenvalue weighted by atomic mass is 16.5. The predicted octanol–water partition coefficient (Wildman–Crippen LogP) is 0.385. The van der Waals surface area contributed by atoms with Crippen LogP contribution in [0.5, 0.6) is 0 Å². The first kappa shape index (κ1) is 5.69. The van der Waals surface area contributed by atoms with Gasteiger partial charge in [-0.1, -0.05) is 0 Å². The molecule has 2 aliphatic heterocycles. The average Bonchev–Trinajstić information content (AvgIpc) is 2.09. The highest BCUT2D eigenvalue weighted by Crippen LogP contribution is 2.35. The second-order valence-electron chi connectivity index (χ2n) is 3.43. The molecular weight excluding hydrogens is 114 g/mol. The minimum Gasteiger partial charge on any atom is -0.378 e. The molecule has 2 rings (SSSR count). The van der Waals surface area contributed by atoms with Crippen molar-refractivity contribution in [2.45, 2.75) is 19.4 Å². The Kier molecular flexibility index (Phi) is 1.08. The van der Waals surface area contributed by atoms with Crippen molar-refractivity contribution in [3.8, 4) is 0 Å². The van der Waals surface area contributed by atoms with Crippen molar-refractivity contribution >= 4 is 0 Å². The fraction of sp³-hybridized carbons (Fsp3) is 1.00. The maximum atomic E-state index is 5.47. The number of ether oxygens (including phenoxy) is 1. The van der Waals surface area contributed by atoms with Gasteiger partial charge >= 0.3 is 0 Å². The Hall–Kier alpha value is -0.0800. The van der Waals surface area contributed by atoms with Crippen molar-refractivity contribution in [2.24, 2.45) is 5.41 Å². The molecule has 1 atom stereocenters. The van der Waals surface area contributed by atoms with E-state index in [-0.39, 0.29) is 0 Å². The van der Waals surface area contributed by atoms with Gasteiger partial charge in [0.05, 0.1) is 12.7 Å². The van der Waals surface area contributed by atoms with Crippen LogP contribution in [0.2, 0.25) is 0 Å². The molecule has 1 spiro atoms. The lowest BCUT2D eigenvalue weighted by atomic mass is 9.80. The highest BCUT2D eigenvalue weighted by Gasteiger charge is 2.43. The van der Waals surface area contributed by atoms with Gasteiger partial charge in [0.15, 0.2) is 0 Å². The number of hydrogen-bond donors (Lipinski definition) is 1. The number of nitrogens with one attached hydrogen (secondary N) is 1. The van der Waals surface area contributed by atoms with Gasteiger partial charge < -0.3 is 10.1 Å². The smallest absolute Gasteiger partial charge is 0.0554 e. The van der Waals surface area contributed by atoms with Crippen LogP contribution in [0, 0.1) is 5.41 Å². The van der Waals surface area contributed by atoms with Crippen molar-refractivity contribution in [1.29, 1.82) is 0 Å². The van der Waals surface area contributed by atoms with Crippen LogP contribution in [0.15, 0.2) is 0 Å². The third kappa shape index (κ3) is 0.775. The summed E-state index contributed by atoms with van der Waals surface area (Å²) in [4.78, 5) is 0. The van der Waals surface area contributed by atoms with Crippen LogP contribution in [0.25, 0.3) is 0 Å². The van der Waals surface area contributed by atoms with Crippen molar-refractivity contribution in [1.82, 2.24) is 5.32 Å². The first-order valence-corrected chi connectivity index (χ1v) is 3.63. The normalized spacial score (nSPS) is 39.0. The molecule has 52 valence electrons. The van der Waals surface area contributed by atoms with Crippen molar-refractivity contribution in [2.75, 3.05) is 19.7 Å². The molecule has 0 aliphatic carbocycles. The van der Waals surface area contributed by atoms with Gasteiger partial charge in [-0.15, -0.1) is 0 Å². The topological polar surface area (TPSA) is 21.3 Å². The van der Waals surface area contributed by atoms with Gasteiger partial charge in [-0.25, -0.2) is 0 Å². The minimum atomic E-state index is 0.507. The third-order valence-corrected chi connectivity index (χ3v) is 2.39. The van der Waals surface area contributed by atoms with E-state index in [1.807, 2.05) is 0 Å². The summed E-state index contributed by atoms with van der Waals surface area (Å²) in [5.41, 5.74) is 0.555. The Morgan fingerprint density at radius 3 is 2.56 bits per heavy atom. The molecule has 1 N–H and O–H groups in total. The van der Waals surface area contributed by atoms with E-state index in [2.05, 4.69) is 12.2 Å². The van der Waals surface area contributed by atoms with Gasteiger partial charge in [0.1, 0.15) is 0 Å². The van der Waals surface area contributed by atoms with Gasteiger partial charge in [0.2, 0.25) is 0 Å². The second-order valence-corrected chi connectivity index (χ2v) is 3.43. The Morgan fingerprint density at radius 1 is 1.56 bits per heavy atom. The summed E-state index contributed by atoms with van der Waals surface area (Å²) >= 11 is 0. The Morgan fingerprint density at radius 2 is 2.33 bits per heavy atom. The van der Waals surface area contributed by atoms with Crippen LogP contribution in [-0.2, 0) is 4.74 Å². The summed E-state index contributed by atoms with van der Waals surface area (Å²) in [6, 6.07) is 0. The molecule has 1 unspecified atom stereocenters. The first-order valence-electron chi connectivity index (χ1n) is 3.63. The molecule has 0 saturated carbocycles. The fourth-order valence-corrected chi connectivity index (χ4v) is 1.77. The molecule has 0 aromatic heterocycles. The quantitative estimate of drug-likeness (QED) is 0.508. The van der Waals surface area contributed by atoms with E-state index >= 15 is 0 Å². The number of hydrogen-bond acceptors (Lipinski definition) is 2. The molecule has 0 radical (unpaired) electrons. The van der Waals surface area contributed by atoms with Crippen molar-refractivity contribution < 1.29 is 4.74 Å². The molecule has 9 heavy (non-hydrogen) atoms. The molecule has 0 aromatic rings. The van der Waals surface area contributed by atoms with Gasteiger partial charge in [-0.3, -0.25) is 0 Å². The van der Waals surface area contributed by atoms with Gasteiger partial charge in [-0.05, 0) is 13.3 Å². The van der Waals surface area contributed by atoms with E-state index in [0.29, 0.717) is 11.5 Å². The van der Waals surface area contributed by atoms with E-state index in [4.69, 9.17) is 4.74 Å². The van der Waals surface area contributed by atoms with E-state index in [0.717, 1.165) is 6.61 Å². The predicted molar refractivity (Wildman–Crippen MR) is 35.3 cm³/mol. The third-order valence-electron chi connectivity index (χ3n) is 2.39. The van der Waals surface area contributed by atoms with E-state index < -0.39 is 0 Å². The summed E-state index contributed by atoms with van der Waals surface area (Å²) < 4.78 is 5.47. The lowest BCUT2D eigenvalue weighted by Gasteiger charge is -2.37. The zero-order valence-electron chi connectivity index (χ0n) is 5.81. The maximum Gasteiger partial charge on any atom is 0.0554 e. The molecule has 0 aromatic carbocycles. The lowest BCUT2D eigenvalue weighted by molar-refractivity contribution is 0.0868. The molecule has 2 aliphatic rings. The monoisotopic (exact) mass is 127 g/mol. The van der Waals surface area contributed by atoms with E-state index in [1.165, 1.54) is 19.5 Å². The van der Waals surface area contributed by atoms with Crippen LogP contribution in [0.1, 0.15) is 13.3 Å². The van der Waals surface area contributed by atoms with Crippen molar-refractivity contribution in [3.05, 3.63) is 0 Å². The van der Waals surface area contributed by atoms with Gasteiger partial charge in [-0.2, -0.15) is 0 Å². The maximum absolute atomic E-state index is 5.47. The largest absolute Gasteiger partial charge is 0.378 e. The first-order chi connectivity index (χ1) is 4.31. The Labute approximate surface area is 55.6 Å². The van der Waals surface area contributed by atoms with Crippen molar-refractivity contribution in [3.63, 3.8) is 0 Å². The second kappa shape index (κ2) is 1.70. The van der Waals surface area contributed by atoms with Gasteiger partial charge in [0.25, 0.3) is 0 Å². The average molecular weight is 127 g/mol. The van der Waals surface area contributed by atoms with Crippen LogP contribution >= 0.6 is 0 Å². The summed E-state index contributed by atoms with van der Waals surface area (Å²) in [5, 5.41) is 3.28. The highest BCUT2D eigenvalue weighted by molar-refractivity contribution is 4.96. The lowest BCUT2D eigenvalue weighted by Crippen LogP contribution is -2.53.